The van der Waals surface area contributed by atoms with Gasteiger partial charge in [-0.05, 0) is 61.3 Å². The summed E-state index contributed by atoms with van der Waals surface area (Å²) < 4.78 is 10.9. The summed E-state index contributed by atoms with van der Waals surface area (Å²) in [5, 5.41) is 0. The molecule has 104 valence electrons. The first-order valence-electron chi connectivity index (χ1n) is 7.03. The normalized spacial score (nSPS) is 23.1. The first-order chi connectivity index (χ1) is 9.19. The largest absolute Gasteiger partial charge is 0.496 e. The number of benzene rings is 1. The molecule has 1 aromatic carbocycles. The molecule has 0 unspecified atom stereocenters. The minimum Gasteiger partial charge on any atom is -0.496 e. The fourth-order valence-electron chi connectivity index (χ4n) is 3.02. The number of rotatable bonds is 4. The molecule has 1 aromatic rings. The summed E-state index contributed by atoms with van der Waals surface area (Å²) in [6.45, 7) is 5.99. The Morgan fingerprint density at radius 2 is 1.84 bits per heavy atom. The third-order valence-corrected chi connectivity index (χ3v) is 4.34. The average Bonchev–Trinajstić information content (AvgIpc) is 2.47. The van der Waals surface area contributed by atoms with Crippen molar-refractivity contribution in [1.82, 2.24) is 0 Å². The maximum absolute atomic E-state index is 5.49. The van der Waals surface area contributed by atoms with E-state index in [9.17, 15) is 0 Å². The van der Waals surface area contributed by atoms with Crippen LogP contribution in [0.4, 0.5) is 0 Å². The van der Waals surface area contributed by atoms with Gasteiger partial charge in [-0.3, -0.25) is 0 Å². The lowest BCUT2D eigenvalue weighted by Gasteiger charge is -2.28. The van der Waals surface area contributed by atoms with Gasteiger partial charge in [-0.2, -0.15) is 0 Å². The van der Waals surface area contributed by atoms with Gasteiger partial charge in [-0.1, -0.05) is 18.7 Å². The minimum atomic E-state index is 0.447. The Balaban J connectivity index is 2.23. The van der Waals surface area contributed by atoms with Crippen LogP contribution in [-0.2, 0) is 4.74 Å². The number of hydrogen-bond donors (Lipinski definition) is 0. The van der Waals surface area contributed by atoms with E-state index in [1.807, 2.05) is 13.2 Å². The van der Waals surface area contributed by atoms with Gasteiger partial charge in [-0.15, -0.1) is 0 Å². The molecule has 1 aliphatic carbocycles. The van der Waals surface area contributed by atoms with Crippen molar-refractivity contribution in [3.63, 3.8) is 0 Å². The van der Waals surface area contributed by atoms with Crippen LogP contribution in [0.5, 0.6) is 5.75 Å². The molecule has 0 atom stereocenters. The van der Waals surface area contributed by atoms with E-state index in [0.717, 1.165) is 18.6 Å². The van der Waals surface area contributed by atoms with Crippen LogP contribution in [0.3, 0.4) is 0 Å². The molecule has 2 heteroatoms. The molecule has 0 saturated heterocycles. The summed E-state index contributed by atoms with van der Waals surface area (Å²) in [6, 6.07) is 4.46. The van der Waals surface area contributed by atoms with Crippen LogP contribution in [0.25, 0.3) is 6.08 Å². The molecule has 1 aliphatic rings. The second-order valence-electron chi connectivity index (χ2n) is 5.35. The van der Waals surface area contributed by atoms with Gasteiger partial charge >= 0.3 is 0 Å². The molecule has 19 heavy (non-hydrogen) atoms. The van der Waals surface area contributed by atoms with Crippen LogP contribution in [-0.4, -0.2) is 20.3 Å². The highest BCUT2D eigenvalue weighted by Crippen LogP contribution is 2.37. The quantitative estimate of drug-likeness (QED) is 0.802. The lowest BCUT2D eigenvalue weighted by molar-refractivity contribution is 0.0658. The van der Waals surface area contributed by atoms with Gasteiger partial charge in [0.05, 0.1) is 13.2 Å². The zero-order chi connectivity index (χ0) is 13.8. The molecule has 1 fully saturated rings. The number of hydrogen-bond acceptors (Lipinski definition) is 2. The highest BCUT2D eigenvalue weighted by Gasteiger charge is 2.23. The van der Waals surface area contributed by atoms with E-state index in [0.29, 0.717) is 12.0 Å². The third-order valence-electron chi connectivity index (χ3n) is 4.34. The van der Waals surface area contributed by atoms with E-state index in [4.69, 9.17) is 9.47 Å². The molecular formula is C17H24O2. The molecule has 2 rings (SSSR count). The average molecular weight is 260 g/mol. The maximum atomic E-state index is 5.49. The summed E-state index contributed by atoms with van der Waals surface area (Å²) in [5.41, 5.74) is 3.74. The van der Waals surface area contributed by atoms with Gasteiger partial charge in [0, 0.05) is 7.11 Å². The lowest BCUT2D eigenvalue weighted by atomic mass is 9.81. The van der Waals surface area contributed by atoms with Gasteiger partial charge in [0.2, 0.25) is 0 Å². The van der Waals surface area contributed by atoms with Crippen molar-refractivity contribution in [3.05, 3.63) is 35.4 Å². The number of ether oxygens (including phenoxy) is 2. The molecule has 0 spiro atoms. The SMILES string of the molecule is C=Cc1cc(C2CCC(OC)CC2)cc(OC)c1C. The van der Waals surface area contributed by atoms with Crippen molar-refractivity contribution in [3.8, 4) is 5.75 Å². The monoisotopic (exact) mass is 260 g/mol. The van der Waals surface area contributed by atoms with E-state index in [1.165, 1.54) is 29.5 Å². The van der Waals surface area contributed by atoms with Crippen molar-refractivity contribution < 1.29 is 9.47 Å². The third kappa shape index (κ3) is 3.01. The molecule has 0 radical (unpaired) electrons. The van der Waals surface area contributed by atoms with E-state index >= 15 is 0 Å². The summed E-state index contributed by atoms with van der Waals surface area (Å²) in [4.78, 5) is 0. The molecular weight excluding hydrogens is 236 g/mol. The molecule has 0 aliphatic heterocycles. The van der Waals surface area contributed by atoms with Crippen molar-refractivity contribution in [2.24, 2.45) is 0 Å². The van der Waals surface area contributed by atoms with Gasteiger partial charge < -0.3 is 9.47 Å². The highest BCUT2D eigenvalue weighted by molar-refractivity contribution is 5.58. The Morgan fingerprint density at radius 1 is 1.16 bits per heavy atom. The Bertz CT molecular complexity index is 443. The molecule has 0 bridgehead atoms. The molecule has 0 heterocycles. The van der Waals surface area contributed by atoms with Crippen molar-refractivity contribution >= 4 is 6.08 Å². The fourth-order valence-corrected chi connectivity index (χ4v) is 3.02. The second-order valence-corrected chi connectivity index (χ2v) is 5.35. The molecule has 2 nitrogen and oxygen atoms in total. The lowest BCUT2D eigenvalue weighted by Crippen LogP contribution is -2.19. The van der Waals surface area contributed by atoms with Crippen LogP contribution >= 0.6 is 0 Å². The smallest absolute Gasteiger partial charge is 0.122 e. The van der Waals surface area contributed by atoms with Crippen LogP contribution in [0, 0.1) is 6.92 Å². The molecule has 0 N–H and O–H groups in total. The highest BCUT2D eigenvalue weighted by atomic mass is 16.5. The standard InChI is InChI=1S/C17H24O2/c1-5-13-10-15(11-17(19-4)12(13)2)14-6-8-16(18-3)9-7-14/h5,10-11,14,16H,1,6-9H2,2-4H3. The first kappa shape index (κ1) is 14.1. The number of methoxy groups -OCH3 is 2. The van der Waals surface area contributed by atoms with Crippen LogP contribution in [0.15, 0.2) is 18.7 Å². The minimum absolute atomic E-state index is 0.447. The van der Waals surface area contributed by atoms with E-state index < -0.39 is 0 Å². The summed E-state index contributed by atoms with van der Waals surface area (Å²) in [5.74, 6) is 1.60. The summed E-state index contributed by atoms with van der Waals surface area (Å²) >= 11 is 0. The Kier molecular flexibility index (Phi) is 4.65. The van der Waals surface area contributed by atoms with Crippen LogP contribution in [0.1, 0.15) is 48.3 Å². The summed E-state index contributed by atoms with van der Waals surface area (Å²) in [6.07, 6.45) is 7.06. The van der Waals surface area contributed by atoms with Gasteiger partial charge in [-0.25, -0.2) is 0 Å². The van der Waals surface area contributed by atoms with Gasteiger partial charge in [0.1, 0.15) is 5.75 Å². The zero-order valence-electron chi connectivity index (χ0n) is 12.2. The Morgan fingerprint density at radius 3 is 2.37 bits per heavy atom. The van der Waals surface area contributed by atoms with Crippen LogP contribution in [0.2, 0.25) is 0 Å². The fraction of sp³-hybridized carbons (Fsp3) is 0.529. The molecule has 1 saturated carbocycles. The first-order valence-corrected chi connectivity index (χ1v) is 7.03. The van der Waals surface area contributed by atoms with Gasteiger partial charge in [0.25, 0.3) is 0 Å². The van der Waals surface area contributed by atoms with E-state index in [-0.39, 0.29) is 0 Å². The second kappa shape index (κ2) is 6.25. The zero-order valence-corrected chi connectivity index (χ0v) is 12.2. The maximum Gasteiger partial charge on any atom is 0.122 e. The topological polar surface area (TPSA) is 18.5 Å². The Labute approximate surface area is 116 Å². The Hall–Kier alpha value is -1.28. The van der Waals surface area contributed by atoms with E-state index in [1.54, 1.807) is 7.11 Å². The van der Waals surface area contributed by atoms with Crippen LogP contribution < -0.4 is 4.74 Å². The predicted octanol–water partition coefficient (Wildman–Crippen LogP) is 4.32. The van der Waals surface area contributed by atoms with Gasteiger partial charge in [0.15, 0.2) is 0 Å². The predicted molar refractivity (Wildman–Crippen MR) is 79.8 cm³/mol. The molecule has 0 aromatic heterocycles. The van der Waals surface area contributed by atoms with Crippen molar-refractivity contribution in [2.75, 3.05) is 14.2 Å². The summed E-state index contributed by atoms with van der Waals surface area (Å²) in [7, 11) is 3.55. The molecule has 0 amide bonds. The van der Waals surface area contributed by atoms with Crippen molar-refractivity contribution in [2.45, 2.75) is 44.6 Å². The van der Waals surface area contributed by atoms with E-state index in [2.05, 4.69) is 25.6 Å². The van der Waals surface area contributed by atoms with Crippen molar-refractivity contribution in [1.29, 1.82) is 0 Å².